The first kappa shape index (κ1) is 16.4. The molecular formula is C24H19BrN2. The Morgan fingerprint density at radius 1 is 0.852 bits per heavy atom. The Kier molecular flexibility index (Phi) is 3.91. The summed E-state index contributed by atoms with van der Waals surface area (Å²) in [6, 6.07) is 25.9. The molecule has 0 aliphatic carbocycles. The van der Waals surface area contributed by atoms with Gasteiger partial charge in [-0.05, 0) is 34.9 Å². The van der Waals surface area contributed by atoms with Crippen molar-refractivity contribution in [1.29, 1.82) is 0 Å². The van der Waals surface area contributed by atoms with Gasteiger partial charge in [-0.1, -0.05) is 70.5 Å². The normalized spacial score (nSPS) is 12.7. The van der Waals surface area contributed by atoms with E-state index in [0.717, 1.165) is 9.99 Å². The first-order valence-corrected chi connectivity index (χ1v) is 9.87. The van der Waals surface area contributed by atoms with Gasteiger partial charge in [-0.15, -0.1) is 0 Å². The maximum Gasteiger partial charge on any atom is 0.0480 e. The van der Waals surface area contributed by atoms with E-state index in [-0.39, 0.29) is 5.92 Å². The molecule has 5 aromatic rings. The molecule has 0 amide bonds. The minimum Gasteiger partial charge on any atom is -0.361 e. The van der Waals surface area contributed by atoms with Crippen LogP contribution in [0.5, 0.6) is 0 Å². The van der Waals surface area contributed by atoms with Crippen LogP contribution >= 0.6 is 15.9 Å². The van der Waals surface area contributed by atoms with E-state index < -0.39 is 0 Å². The Balaban J connectivity index is 1.82. The fourth-order valence-electron chi connectivity index (χ4n) is 4.13. The van der Waals surface area contributed by atoms with Gasteiger partial charge in [0.2, 0.25) is 0 Å². The monoisotopic (exact) mass is 414 g/mol. The van der Waals surface area contributed by atoms with Gasteiger partial charge in [-0.3, -0.25) is 0 Å². The minimum atomic E-state index is 0.173. The van der Waals surface area contributed by atoms with Crippen LogP contribution in [0.2, 0.25) is 0 Å². The van der Waals surface area contributed by atoms with E-state index in [4.69, 9.17) is 0 Å². The van der Waals surface area contributed by atoms with Crippen molar-refractivity contribution in [3.8, 4) is 0 Å². The minimum absolute atomic E-state index is 0.173. The fourth-order valence-corrected chi connectivity index (χ4v) is 4.50. The number of aryl methyl sites for hydroxylation is 1. The van der Waals surface area contributed by atoms with E-state index in [1.54, 1.807) is 0 Å². The Labute approximate surface area is 166 Å². The van der Waals surface area contributed by atoms with Crippen LogP contribution in [-0.2, 0) is 7.05 Å². The molecule has 0 aliphatic rings. The van der Waals surface area contributed by atoms with Crippen molar-refractivity contribution in [2.45, 2.75) is 5.92 Å². The molecule has 5 rings (SSSR count). The number of halogens is 1. The molecule has 0 saturated carbocycles. The summed E-state index contributed by atoms with van der Waals surface area (Å²) in [7, 11) is 2.13. The van der Waals surface area contributed by atoms with Crippen molar-refractivity contribution in [3.63, 3.8) is 0 Å². The van der Waals surface area contributed by atoms with E-state index >= 15 is 0 Å². The summed E-state index contributed by atoms with van der Waals surface area (Å²) in [6.45, 7) is 0. The molecule has 1 atom stereocenters. The predicted octanol–water partition coefficient (Wildman–Crippen LogP) is 6.60. The molecular weight excluding hydrogens is 396 g/mol. The summed E-state index contributed by atoms with van der Waals surface area (Å²) in [5.74, 6) is 0.173. The van der Waals surface area contributed by atoms with Crippen LogP contribution in [0.1, 0.15) is 22.6 Å². The van der Waals surface area contributed by atoms with Crippen molar-refractivity contribution in [2.75, 3.05) is 0 Å². The van der Waals surface area contributed by atoms with E-state index in [9.17, 15) is 0 Å². The lowest BCUT2D eigenvalue weighted by Crippen LogP contribution is -2.02. The van der Waals surface area contributed by atoms with Gasteiger partial charge in [0.05, 0.1) is 0 Å². The summed E-state index contributed by atoms with van der Waals surface area (Å²) in [6.07, 6.45) is 4.44. The third kappa shape index (κ3) is 2.70. The molecule has 3 heteroatoms. The predicted molar refractivity (Wildman–Crippen MR) is 116 cm³/mol. The molecule has 3 aromatic carbocycles. The van der Waals surface area contributed by atoms with Crippen LogP contribution in [0.15, 0.2) is 89.7 Å². The average molecular weight is 415 g/mol. The van der Waals surface area contributed by atoms with Crippen LogP contribution in [0.25, 0.3) is 21.8 Å². The number of para-hydroxylation sites is 1. The zero-order chi connectivity index (χ0) is 18.4. The molecule has 0 spiro atoms. The van der Waals surface area contributed by atoms with Gasteiger partial charge >= 0.3 is 0 Å². The quantitative estimate of drug-likeness (QED) is 0.343. The number of nitrogens with zero attached hydrogens (tertiary/aromatic N) is 1. The molecule has 1 N–H and O–H groups in total. The van der Waals surface area contributed by atoms with Crippen molar-refractivity contribution in [1.82, 2.24) is 9.55 Å². The van der Waals surface area contributed by atoms with E-state index in [1.165, 1.54) is 33.0 Å². The number of rotatable bonds is 3. The number of hydrogen-bond acceptors (Lipinski definition) is 0. The molecule has 2 heterocycles. The summed E-state index contributed by atoms with van der Waals surface area (Å²) < 4.78 is 3.32. The molecule has 0 radical (unpaired) electrons. The van der Waals surface area contributed by atoms with Gasteiger partial charge in [0.1, 0.15) is 0 Å². The van der Waals surface area contributed by atoms with E-state index in [1.807, 2.05) is 0 Å². The smallest absolute Gasteiger partial charge is 0.0480 e. The highest BCUT2D eigenvalue weighted by Crippen LogP contribution is 2.40. The largest absolute Gasteiger partial charge is 0.361 e. The Bertz CT molecular complexity index is 1250. The molecule has 0 bridgehead atoms. The van der Waals surface area contributed by atoms with Crippen molar-refractivity contribution in [2.24, 2.45) is 7.05 Å². The number of aromatic amines is 1. The highest BCUT2D eigenvalue weighted by atomic mass is 79.9. The fraction of sp³-hybridized carbons (Fsp3) is 0.0833. The van der Waals surface area contributed by atoms with Gasteiger partial charge in [0.25, 0.3) is 0 Å². The van der Waals surface area contributed by atoms with Crippen molar-refractivity contribution in [3.05, 3.63) is 106 Å². The van der Waals surface area contributed by atoms with Gasteiger partial charge in [-0.2, -0.15) is 0 Å². The van der Waals surface area contributed by atoms with Gasteiger partial charge < -0.3 is 9.55 Å². The first-order chi connectivity index (χ1) is 13.2. The lowest BCUT2D eigenvalue weighted by atomic mass is 9.85. The van der Waals surface area contributed by atoms with Crippen LogP contribution in [-0.4, -0.2) is 9.55 Å². The molecule has 2 aromatic heterocycles. The van der Waals surface area contributed by atoms with Crippen LogP contribution in [0, 0.1) is 0 Å². The molecule has 27 heavy (non-hydrogen) atoms. The van der Waals surface area contributed by atoms with Gasteiger partial charge in [0.15, 0.2) is 0 Å². The summed E-state index contributed by atoms with van der Waals surface area (Å²) >= 11 is 3.58. The number of hydrogen-bond donors (Lipinski definition) is 1. The Morgan fingerprint density at radius 2 is 1.63 bits per heavy atom. The van der Waals surface area contributed by atoms with Gasteiger partial charge in [0, 0.05) is 51.6 Å². The second-order valence-corrected chi connectivity index (χ2v) is 7.91. The highest BCUT2D eigenvalue weighted by Gasteiger charge is 2.23. The summed E-state index contributed by atoms with van der Waals surface area (Å²) in [4.78, 5) is 3.47. The topological polar surface area (TPSA) is 20.7 Å². The Morgan fingerprint density at radius 3 is 2.48 bits per heavy atom. The highest BCUT2D eigenvalue weighted by molar-refractivity contribution is 9.10. The Hall–Kier alpha value is -2.78. The molecule has 2 nitrogen and oxygen atoms in total. The van der Waals surface area contributed by atoms with Crippen molar-refractivity contribution >= 4 is 37.7 Å². The van der Waals surface area contributed by atoms with Gasteiger partial charge in [-0.25, -0.2) is 0 Å². The second-order valence-electron chi connectivity index (χ2n) is 6.99. The molecule has 132 valence electrons. The van der Waals surface area contributed by atoms with E-state index in [2.05, 4.69) is 118 Å². The second kappa shape index (κ2) is 6.43. The third-order valence-electron chi connectivity index (χ3n) is 5.36. The lowest BCUT2D eigenvalue weighted by molar-refractivity contribution is 0.931. The summed E-state index contributed by atoms with van der Waals surface area (Å²) in [5.41, 5.74) is 6.36. The van der Waals surface area contributed by atoms with E-state index in [0.29, 0.717) is 0 Å². The van der Waals surface area contributed by atoms with Crippen LogP contribution in [0.4, 0.5) is 0 Å². The number of nitrogens with one attached hydrogen (secondary N) is 1. The maximum atomic E-state index is 3.58. The number of fused-ring (bicyclic) bond motifs is 2. The third-order valence-corrected chi connectivity index (χ3v) is 5.85. The molecule has 1 unspecified atom stereocenters. The zero-order valence-electron chi connectivity index (χ0n) is 15.0. The van der Waals surface area contributed by atoms with Crippen molar-refractivity contribution < 1.29 is 0 Å². The van der Waals surface area contributed by atoms with Crippen LogP contribution in [0.3, 0.4) is 0 Å². The molecule has 0 saturated heterocycles. The maximum absolute atomic E-state index is 3.58. The number of H-pyrrole nitrogens is 1. The van der Waals surface area contributed by atoms with Crippen LogP contribution < -0.4 is 0 Å². The SMILES string of the molecule is Cn1cc(C(c2ccccc2)c2c[nH]c3cc(Br)ccc23)c2ccccc21. The molecule has 0 fully saturated rings. The standard InChI is InChI=1S/C24H19BrN2/c1-27-15-21(19-9-5-6-10-23(19)27)24(16-7-3-2-4-8-16)20-14-26-22-13-17(25)11-12-18(20)22/h2-15,24,26H,1H3. The molecule has 0 aliphatic heterocycles. The zero-order valence-corrected chi connectivity index (χ0v) is 16.6. The number of benzene rings is 3. The summed E-state index contributed by atoms with van der Waals surface area (Å²) in [5, 5.41) is 2.57. The first-order valence-electron chi connectivity index (χ1n) is 9.08. The average Bonchev–Trinajstić information content (AvgIpc) is 3.25. The number of aromatic nitrogens is 2. The lowest BCUT2D eigenvalue weighted by Gasteiger charge is -2.17.